The summed E-state index contributed by atoms with van der Waals surface area (Å²) in [5.41, 5.74) is 3.59. The van der Waals surface area contributed by atoms with Crippen LogP contribution in [0.25, 0.3) is 0 Å². The Morgan fingerprint density at radius 2 is 2.31 bits per heavy atom. The zero-order chi connectivity index (χ0) is 9.84. The van der Waals surface area contributed by atoms with Crippen molar-refractivity contribution in [3.63, 3.8) is 0 Å². The van der Waals surface area contributed by atoms with E-state index in [4.69, 9.17) is 4.74 Å². The first-order valence-electron chi connectivity index (χ1n) is 3.89. The molecule has 0 aromatic carbocycles. The summed E-state index contributed by atoms with van der Waals surface area (Å²) in [5, 5.41) is 3.84. The van der Waals surface area contributed by atoms with Gasteiger partial charge in [0.05, 0.1) is 12.2 Å². The van der Waals surface area contributed by atoms with Crippen LogP contribution < -0.4 is 5.43 Å². The van der Waals surface area contributed by atoms with Crippen molar-refractivity contribution in [2.24, 2.45) is 5.10 Å². The first-order valence-corrected chi connectivity index (χ1v) is 3.89. The van der Waals surface area contributed by atoms with Crippen LogP contribution in [0.2, 0.25) is 0 Å². The molecule has 0 bridgehead atoms. The predicted molar refractivity (Wildman–Crippen MR) is 49.2 cm³/mol. The second kappa shape index (κ2) is 4.04. The molecule has 1 aliphatic heterocycles. The highest BCUT2D eigenvalue weighted by molar-refractivity contribution is 6.25. The SMILES string of the molecule is COCC1=NNC(=O)/C1=C/N(C)C. The van der Waals surface area contributed by atoms with Gasteiger partial charge in [-0.25, -0.2) is 5.43 Å². The number of amides is 1. The third-order valence-corrected chi connectivity index (χ3v) is 1.52. The Hall–Kier alpha value is -1.36. The molecule has 0 radical (unpaired) electrons. The Labute approximate surface area is 77.0 Å². The van der Waals surface area contributed by atoms with E-state index in [1.807, 2.05) is 14.1 Å². The molecule has 0 saturated heterocycles. The molecule has 0 aliphatic carbocycles. The maximum atomic E-state index is 11.2. The summed E-state index contributed by atoms with van der Waals surface area (Å²) < 4.78 is 4.90. The molecule has 0 atom stereocenters. The minimum atomic E-state index is -0.180. The number of hydrazone groups is 1. The lowest BCUT2D eigenvalue weighted by atomic mass is 10.2. The quantitative estimate of drug-likeness (QED) is 0.604. The van der Waals surface area contributed by atoms with Crippen molar-refractivity contribution in [1.82, 2.24) is 10.3 Å². The second-order valence-electron chi connectivity index (χ2n) is 2.94. The largest absolute Gasteiger partial charge is 0.383 e. The molecule has 1 heterocycles. The minimum absolute atomic E-state index is 0.180. The summed E-state index contributed by atoms with van der Waals surface area (Å²) in [6.45, 7) is 0.346. The van der Waals surface area contributed by atoms with E-state index >= 15 is 0 Å². The van der Waals surface area contributed by atoms with E-state index in [-0.39, 0.29) is 5.91 Å². The fourth-order valence-corrected chi connectivity index (χ4v) is 1.01. The fourth-order valence-electron chi connectivity index (χ4n) is 1.01. The number of nitrogens with one attached hydrogen (secondary N) is 1. The van der Waals surface area contributed by atoms with Crippen LogP contribution in [0.15, 0.2) is 16.9 Å². The van der Waals surface area contributed by atoms with Crippen LogP contribution in [0.3, 0.4) is 0 Å². The number of rotatable bonds is 3. The lowest BCUT2D eigenvalue weighted by Gasteiger charge is -2.06. The predicted octanol–water partition coefficient (Wildman–Crippen LogP) is -0.436. The van der Waals surface area contributed by atoms with Gasteiger partial charge in [-0.15, -0.1) is 0 Å². The van der Waals surface area contributed by atoms with Crippen LogP contribution in [-0.2, 0) is 9.53 Å². The van der Waals surface area contributed by atoms with Crippen molar-refractivity contribution in [3.05, 3.63) is 11.8 Å². The normalized spacial score (nSPS) is 18.8. The van der Waals surface area contributed by atoms with Crippen molar-refractivity contribution in [2.45, 2.75) is 0 Å². The molecular weight excluding hydrogens is 170 g/mol. The highest BCUT2D eigenvalue weighted by Gasteiger charge is 2.22. The summed E-state index contributed by atoms with van der Waals surface area (Å²) in [4.78, 5) is 13.0. The molecular formula is C8H13N3O2. The Bertz CT molecular complexity index is 269. The van der Waals surface area contributed by atoms with Crippen LogP contribution in [0, 0.1) is 0 Å². The molecule has 0 aromatic heterocycles. The molecule has 13 heavy (non-hydrogen) atoms. The molecule has 0 fully saturated rings. The lowest BCUT2D eigenvalue weighted by Crippen LogP contribution is -2.18. The van der Waals surface area contributed by atoms with Gasteiger partial charge in [0.2, 0.25) is 0 Å². The highest BCUT2D eigenvalue weighted by Crippen LogP contribution is 2.06. The highest BCUT2D eigenvalue weighted by atomic mass is 16.5. The van der Waals surface area contributed by atoms with Gasteiger partial charge in [-0.05, 0) is 0 Å². The summed E-state index contributed by atoms with van der Waals surface area (Å²) in [6.07, 6.45) is 1.72. The third kappa shape index (κ3) is 2.29. The maximum Gasteiger partial charge on any atom is 0.274 e. The molecule has 72 valence electrons. The first-order chi connectivity index (χ1) is 6.15. The summed E-state index contributed by atoms with van der Waals surface area (Å²) >= 11 is 0. The molecule has 0 saturated carbocycles. The van der Waals surface area contributed by atoms with Gasteiger partial charge in [-0.3, -0.25) is 4.79 Å². The zero-order valence-corrected chi connectivity index (χ0v) is 8.00. The van der Waals surface area contributed by atoms with E-state index in [9.17, 15) is 4.79 Å². The summed E-state index contributed by atoms with van der Waals surface area (Å²) in [6, 6.07) is 0. The lowest BCUT2D eigenvalue weighted by molar-refractivity contribution is -0.116. The first kappa shape index (κ1) is 9.73. The van der Waals surface area contributed by atoms with Crippen molar-refractivity contribution in [3.8, 4) is 0 Å². The van der Waals surface area contributed by atoms with E-state index in [1.165, 1.54) is 0 Å². The van der Waals surface area contributed by atoms with E-state index in [1.54, 1.807) is 18.2 Å². The van der Waals surface area contributed by atoms with Gasteiger partial charge in [-0.2, -0.15) is 5.10 Å². The number of ether oxygens (including phenoxy) is 1. The Balaban J connectivity index is 2.80. The van der Waals surface area contributed by atoms with Crippen molar-refractivity contribution < 1.29 is 9.53 Å². The molecule has 1 aliphatic rings. The average Bonchev–Trinajstić information content (AvgIpc) is 2.36. The van der Waals surface area contributed by atoms with E-state index < -0.39 is 0 Å². The van der Waals surface area contributed by atoms with Gasteiger partial charge in [0, 0.05) is 27.4 Å². The summed E-state index contributed by atoms with van der Waals surface area (Å²) in [7, 11) is 5.27. The topological polar surface area (TPSA) is 53.9 Å². The van der Waals surface area contributed by atoms with Gasteiger partial charge >= 0.3 is 0 Å². The van der Waals surface area contributed by atoms with Crippen LogP contribution in [0.4, 0.5) is 0 Å². The van der Waals surface area contributed by atoms with Crippen molar-refractivity contribution >= 4 is 11.6 Å². The van der Waals surface area contributed by atoms with E-state index in [0.29, 0.717) is 17.9 Å². The zero-order valence-electron chi connectivity index (χ0n) is 8.00. The monoisotopic (exact) mass is 183 g/mol. The molecule has 1 amide bonds. The Morgan fingerprint density at radius 1 is 1.62 bits per heavy atom. The standard InChI is InChI=1S/C8H13N3O2/c1-11(2)4-6-7(5-13-3)9-10-8(6)12/h4H,5H2,1-3H3,(H,10,12)/b6-4+. The van der Waals surface area contributed by atoms with E-state index in [2.05, 4.69) is 10.5 Å². The molecule has 1 N–H and O–H groups in total. The van der Waals surface area contributed by atoms with Crippen LogP contribution >= 0.6 is 0 Å². The number of hydrogen-bond acceptors (Lipinski definition) is 4. The molecule has 0 aromatic rings. The molecule has 5 nitrogen and oxygen atoms in total. The Morgan fingerprint density at radius 3 is 2.85 bits per heavy atom. The average molecular weight is 183 g/mol. The van der Waals surface area contributed by atoms with Crippen molar-refractivity contribution in [1.29, 1.82) is 0 Å². The van der Waals surface area contributed by atoms with Gasteiger partial charge < -0.3 is 9.64 Å². The fraction of sp³-hybridized carbons (Fsp3) is 0.500. The van der Waals surface area contributed by atoms with E-state index in [0.717, 1.165) is 0 Å². The third-order valence-electron chi connectivity index (χ3n) is 1.52. The maximum absolute atomic E-state index is 11.2. The summed E-state index contributed by atoms with van der Waals surface area (Å²) in [5.74, 6) is -0.180. The van der Waals surface area contributed by atoms with Gasteiger partial charge in [0.15, 0.2) is 0 Å². The molecule has 5 heteroatoms. The second-order valence-corrected chi connectivity index (χ2v) is 2.94. The number of hydrogen-bond donors (Lipinski definition) is 1. The molecule has 1 rings (SSSR count). The van der Waals surface area contributed by atoms with Crippen molar-refractivity contribution in [2.75, 3.05) is 27.8 Å². The van der Waals surface area contributed by atoms with Gasteiger partial charge in [0.1, 0.15) is 5.71 Å². The smallest absolute Gasteiger partial charge is 0.274 e. The van der Waals surface area contributed by atoms with Crippen LogP contribution in [-0.4, -0.2) is 44.3 Å². The van der Waals surface area contributed by atoms with Gasteiger partial charge in [-0.1, -0.05) is 0 Å². The number of nitrogens with zero attached hydrogens (tertiary/aromatic N) is 2. The number of carbonyl (C=O) groups is 1. The van der Waals surface area contributed by atoms with Gasteiger partial charge in [0.25, 0.3) is 5.91 Å². The van der Waals surface area contributed by atoms with Crippen LogP contribution in [0.5, 0.6) is 0 Å². The molecule has 0 unspecified atom stereocenters. The molecule has 0 spiro atoms. The minimum Gasteiger partial charge on any atom is -0.383 e. The Kier molecular flexibility index (Phi) is 3.02. The number of carbonyl (C=O) groups excluding carboxylic acids is 1. The van der Waals surface area contributed by atoms with Crippen LogP contribution in [0.1, 0.15) is 0 Å². The number of methoxy groups -OCH3 is 1.